The molecule has 1 aliphatic heterocycles. The van der Waals surface area contributed by atoms with Crippen LogP contribution < -0.4 is 16.0 Å². The molecule has 3 N–H and O–H groups in total. The Balaban J connectivity index is 1.56. The van der Waals surface area contributed by atoms with Crippen molar-refractivity contribution in [3.63, 3.8) is 0 Å². The number of nitrogens with zero attached hydrogens (tertiary/aromatic N) is 4. The number of carbonyl (C=O) groups excluding carboxylic acids is 4. The van der Waals surface area contributed by atoms with Crippen LogP contribution in [0.3, 0.4) is 0 Å². The maximum absolute atomic E-state index is 15.8. The monoisotopic (exact) mass is 695 g/mol. The van der Waals surface area contributed by atoms with Gasteiger partial charge in [-0.25, -0.2) is 4.39 Å². The third-order valence-electron chi connectivity index (χ3n) is 10.5. The van der Waals surface area contributed by atoms with E-state index in [1.807, 2.05) is 20.9 Å². The summed E-state index contributed by atoms with van der Waals surface area (Å²) in [7, 11) is 3.42. The molecular formula is C37H54FN7O5. The molecule has 12 nitrogen and oxygen atoms in total. The van der Waals surface area contributed by atoms with Gasteiger partial charge in [0.05, 0.1) is 5.69 Å². The Labute approximate surface area is 295 Å². The molecule has 0 radical (unpaired) electrons. The summed E-state index contributed by atoms with van der Waals surface area (Å²) in [6, 6.07) is 4.28. The van der Waals surface area contributed by atoms with E-state index in [0.717, 1.165) is 12.8 Å². The first-order chi connectivity index (χ1) is 23.7. The van der Waals surface area contributed by atoms with Crippen LogP contribution in [0.5, 0.6) is 0 Å². The topological polar surface area (TPSA) is 138 Å². The summed E-state index contributed by atoms with van der Waals surface area (Å²) in [5, 5.41) is 12.7. The summed E-state index contributed by atoms with van der Waals surface area (Å²) in [5.41, 5.74) is 3.41. The summed E-state index contributed by atoms with van der Waals surface area (Å²) < 4.78 is 22.6. The third kappa shape index (κ3) is 9.16. The number of piperazine rings is 1. The van der Waals surface area contributed by atoms with Crippen molar-refractivity contribution in [2.24, 2.45) is 5.92 Å². The molecule has 4 amide bonds. The van der Waals surface area contributed by atoms with Gasteiger partial charge in [-0.3, -0.25) is 23.9 Å². The first-order valence-electron chi connectivity index (χ1n) is 17.7. The Morgan fingerprint density at radius 2 is 1.74 bits per heavy atom. The van der Waals surface area contributed by atoms with Crippen molar-refractivity contribution >= 4 is 29.3 Å². The standard InChI is InChI=1S/C37H54FN7O5/c1-9-45-31(16-17-39-45)35(47)42-33(27-12-10-26(11-13-27)22(2)3)36(48)40-30-15-14-28(20-29(30)38)24(5)32(41-34(46)25(6)50-8)37(49)44-19-18-43(7)23(4)21-44/h14-17,20,23-25,27,32-33H,9-13,18-19,21H2,1-8H3,(H,40,48)(H,41,46)(H,42,47)/t23-,24+,25+,32-,33?/m1/s1. The van der Waals surface area contributed by atoms with Crippen LogP contribution in [0.1, 0.15) is 89.2 Å². The SMILES string of the molecule is CCn1nccc1C(=O)NC(C(=O)Nc1ccc([C@H](C)[C@@H](NC(=O)[C@H](C)OC)C(=O)N2CCN(C)[C@H](C)C2)cc1F)C1CCC(=C(C)C)CC1. The lowest BCUT2D eigenvalue weighted by molar-refractivity contribution is -0.141. The molecular weight excluding hydrogens is 641 g/mol. The first kappa shape index (κ1) is 38.7. The van der Waals surface area contributed by atoms with Gasteiger partial charge in [0.15, 0.2) is 0 Å². The van der Waals surface area contributed by atoms with Gasteiger partial charge in [-0.2, -0.15) is 5.10 Å². The molecule has 1 aromatic carbocycles. The van der Waals surface area contributed by atoms with Gasteiger partial charge < -0.3 is 30.5 Å². The Morgan fingerprint density at radius 3 is 2.34 bits per heavy atom. The van der Waals surface area contributed by atoms with Crippen LogP contribution in [-0.2, 0) is 25.7 Å². The summed E-state index contributed by atoms with van der Waals surface area (Å²) in [6.07, 6.45) is 3.83. The second-order valence-electron chi connectivity index (χ2n) is 13.9. The number of methoxy groups -OCH3 is 1. The van der Waals surface area contributed by atoms with E-state index in [1.54, 1.807) is 41.8 Å². The molecule has 2 heterocycles. The summed E-state index contributed by atoms with van der Waals surface area (Å²) in [6.45, 7) is 13.6. The number of rotatable bonds is 12. The largest absolute Gasteiger partial charge is 0.372 e. The average Bonchev–Trinajstić information content (AvgIpc) is 3.60. The number of allylic oxidation sites excluding steroid dienone is 2. The van der Waals surface area contributed by atoms with Gasteiger partial charge in [0, 0.05) is 51.4 Å². The fraction of sp³-hybridized carbons (Fsp3) is 0.595. The Hall–Kier alpha value is -4.10. The quantitative estimate of drug-likeness (QED) is 0.285. The van der Waals surface area contributed by atoms with Crippen molar-refractivity contribution in [3.05, 3.63) is 58.7 Å². The van der Waals surface area contributed by atoms with Gasteiger partial charge in [-0.15, -0.1) is 0 Å². The number of hydrogen-bond donors (Lipinski definition) is 3. The number of carbonyl (C=O) groups is 4. The molecule has 274 valence electrons. The number of aryl methyl sites for hydroxylation is 1. The minimum atomic E-state index is -0.969. The zero-order valence-electron chi connectivity index (χ0n) is 30.7. The molecule has 1 saturated carbocycles. The second-order valence-corrected chi connectivity index (χ2v) is 13.9. The third-order valence-corrected chi connectivity index (χ3v) is 10.5. The van der Waals surface area contributed by atoms with Crippen molar-refractivity contribution in [1.29, 1.82) is 0 Å². The molecule has 1 saturated heterocycles. The number of likely N-dealkylation sites (N-methyl/N-ethyl adjacent to an activating group) is 1. The number of anilines is 1. The molecule has 1 aromatic heterocycles. The molecule has 2 aliphatic rings. The number of ether oxygens (including phenoxy) is 1. The van der Waals surface area contributed by atoms with E-state index in [-0.39, 0.29) is 23.6 Å². The lowest BCUT2D eigenvalue weighted by Crippen LogP contribution is -2.58. The van der Waals surface area contributed by atoms with Gasteiger partial charge in [0.25, 0.3) is 5.91 Å². The van der Waals surface area contributed by atoms with E-state index in [9.17, 15) is 19.2 Å². The lowest BCUT2D eigenvalue weighted by atomic mass is 9.79. The van der Waals surface area contributed by atoms with Crippen molar-refractivity contribution in [2.75, 3.05) is 39.1 Å². The van der Waals surface area contributed by atoms with Crippen molar-refractivity contribution in [3.8, 4) is 0 Å². The number of hydrogen-bond acceptors (Lipinski definition) is 7. The molecule has 13 heteroatoms. The van der Waals surface area contributed by atoms with E-state index in [1.165, 1.54) is 30.4 Å². The summed E-state index contributed by atoms with van der Waals surface area (Å²) in [4.78, 5) is 57.9. The molecule has 5 atom stereocenters. The Bertz CT molecular complexity index is 1560. The zero-order valence-corrected chi connectivity index (χ0v) is 30.7. The van der Waals surface area contributed by atoms with Crippen molar-refractivity contribution in [2.45, 2.75) is 104 Å². The Kier molecular flexibility index (Phi) is 13.3. The number of aromatic nitrogens is 2. The highest BCUT2D eigenvalue weighted by Gasteiger charge is 2.36. The van der Waals surface area contributed by atoms with E-state index in [0.29, 0.717) is 50.3 Å². The molecule has 0 bridgehead atoms. The highest BCUT2D eigenvalue weighted by Crippen LogP contribution is 2.33. The molecule has 4 rings (SSSR count). The molecule has 50 heavy (non-hydrogen) atoms. The first-order valence-corrected chi connectivity index (χ1v) is 17.7. The fourth-order valence-electron chi connectivity index (χ4n) is 6.75. The highest BCUT2D eigenvalue weighted by molar-refractivity contribution is 6.00. The van der Waals surface area contributed by atoms with Crippen molar-refractivity contribution in [1.82, 2.24) is 30.2 Å². The van der Waals surface area contributed by atoms with E-state index < -0.39 is 47.6 Å². The van der Waals surface area contributed by atoms with Crippen LogP contribution in [-0.4, -0.2) is 101 Å². The van der Waals surface area contributed by atoms with Crippen LogP contribution in [0.25, 0.3) is 0 Å². The van der Waals surface area contributed by atoms with Gasteiger partial charge >= 0.3 is 0 Å². The number of halogens is 1. The molecule has 1 unspecified atom stereocenters. The van der Waals surface area contributed by atoms with Crippen LogP contribution in [0.15, 0.2) is 41.6 Å². The molecule has 2 aromatic rings. The van der Waals surface area contributed by atoms with Crippen LogP contribution in [0.2, 0.25) is 0 Å². The highest BCUT2D eigenvalue weighted by atomic mass is 19.1. The van der Waals surface area contributed by atoms with E-state index in [4.69, 9.17) is 4.74 Å². The van der Waals surface area contributed by atoms with Crippen LogP contribution >= 0.6 is 0 Å². The van der Waals surface area contributed by atoms with Crippen LogP contribution in [0, 0.1) is 11.7 Å². The predicted molar refractivity (Wildman–Crippen MR) is 190 cm³/mol. The van der Waals surface area contributed by atoms with Crippen molar-refractivity contribution < 1.29 is 28.3 Å². The molecule has 2 fully saturated rings. The van der Waals surface area contributed by atoms with E-state index >= 15 is 4.39 Å². The zero-order chi connectivity index (χ0) is 36.7. The van der Waals surface area contributed by atoms with Crippen LogP contribution in [0.4, 0.5) is 10.1 Å². The minimum Gasteiger partial charge on any atom is -0.372 e. The van der Waals surface area contributed by atoms with Gasteiger partial charge in [0.1, 0.15) is 29.7 Å². The second kappa shape index (κ2) is 17.2. The summed E-state index contributed by atoms with van der Waals surface area (Å²) in [5.74, 6) is -3.07. The smallest absolute Gasteiger partial charge is 0.270 e. The Morgan fingerprint density at radius 1 is 1.04 bits per heavy atom. The maximum atomic E-state index is 15.8. The van der Waals surface area contributed by atoms with Gasteiger partial charge in [0.2, 0.25) is 17.7 Å². The number of nitrogens with one attached hydrogen (secondary N) is 3. The number of benzene rings is 1. The maximum Gasteiger partial charge on any atom is 0.270 e. The normalized spacial score (nSPS) is 20.7. The van der Waals surface area contributed by atoms with Gasteiger partial charge in [-0.05, 0) is 97.0 Å². The fourth-order valence-corrected chi connectivity index (χ4v) is 6.75. The van der Waals surface area contributed by atoms with E-state index in [2.05, 4.69) is 39.8 Å². The minimum absolute atomic E-state index is 0.0441. The van der Waals surface area contributed by atoms with Gasteiger partial charge in [-0.1, -0.05) is 24.1 Å². The predicted octanol–water partition coefficient (Wildman–Crippen LogP) is 4.09. The molecule has 0 spiro atoms. The molecule has 1 aliphatic carbocycles. The number of amides is 4. The summed E-state index contributed by atoms with van der Waals surface area (Å²) >= 11 is 0. The average molecular weight is 696 g/mol. The lowest BCUT2D eigenvalue weighted by Gasteiger charge is -2.40.